The van der Waals surface area contributed by atoms with Crippen LogP contribution in [0.15, 0.2) is 18.2 Å². The number of hydrazine groups is 2. The number of hydrogen-bond acceptors (Lipinski definition) is 3. The number of carbonyl (C=O) groups excluding carboxylic acids is 1. The van der Waals surface area contributed by atoms with E-state index in [1.54, 1.807) is 0 Å². The van der Waals surface area contributed by atoms with Crippen LogP contribution in [-0.4, -0.2) is 5.91 Å². The minimum absolute atomic E-state index is 0.0615. The van der Waals surface area contributed by atoms with Crippen molar-refractivity contribution < 1.29 is 4.79 Å². The molecule has 1 aromatic rings. The van der Waals surface area contributed by atoms with Crippen LogP contribution in [0.25, 0.3) is 0 Å². The first kappa shape index (κ1) is 9.66. The number of rotatable bonds is 1. The van der Waals surface area contributed by atoms with E-state index in [1.807, 2.05) is 12.1 Å². The van der Waals surface area contributed by atoms with Crippen LogP contribution in [0.2, 0.25) is 0 Å². The molecule has 1 saturated carbocycles. The van der Waals surface area contributed by atoms with Gasteiger partial charge in [0.1, 0.15) is 0 Å². The molecule has 4 heteroatoms. The smallest absolute Gasteiger partial charge is 0.268 e. The molecular weight excluding hydrogens is 202 g/mol. The third kappa shape index (κ3) is 1.55. The lowest BCUT2D eigenvalue weighted by molar-refractivity contribution is 0.0931. The lowest BCUT2D eigenvalue weighted by Crippen LogP contribution is -2.45. The topological polar surface area (TPSA) is 53.2 Å². The second kappa shape index (κ2) is 3.79. The summed E-state index contributed by atoms with van der Waals surface area (Å²) in [5, 5.41) is 0. The van der Waals surface area contributed by atoms with Crippen molar-refractivity contribution in [3.05, 3.63) is 29.3 Å². The first-order valence-corrected chi connectivity index (χ1v) is 5.80. The lowest BCUT2D eigenvalue weighted by atomic mass is 9.95. The van der Waals surface area contributed by atoms with E-state index in [2.05, 4.69) is 22.5 Å². The van der Waals surface area contributed by atoms with Crippen LogP contribution in [0.5, 0.6) is 0 Å². The summed E-state index contributed by atoms with van der Waals surface area (Å²) in [6.45, 7) is 0. The monoisotopic (exact) mass is 217 g/mol. The van der Waals surface area contributed by atoms with Crippen molar-refractivity contribution in [3.63, 3.8) is 0 Å². The molecule has 0 saturated heterocycles. The minimum Gasteiger partial charge on any atom is -0.303 e. The fourth-order valence-electron chi connectivity index (χ4n) is 2.59. The first-order valence-electron chi connectivity index (χ1n) is 5.80. The second-order valence-electron chi connectivity index (χ2n) is 4.49. The first-order chi connectivity index (χ1) is 7.84. The Bertz CT molecular complexity index is 424. The minimum atomic E-state index is -0.0615. The Kier molecular flexibility index (Phi) is 2.29. The summed E-state index contributed by atoms with van der Waals surface area (Å²) in [5.74, 6) is 0.585. The Morgan fingerprint density at radius 2 is 1.94 bits per heavy atom. The van der Waals surface area contributed by atoms with Gasteiger partial charge in [-0.15, -0.1) is 5.53 Å². The average Bonchev–Trinajstić information content (AvgIpc) is 2.83. The van der Waals surface area contributed by atoms with Gasteiger partial charge >= 0.3 is 0 Å². The molecule has 0 radical (unpaired) electrons. The van der Waals surface area contributed by atoms with E-state index < -0.39 is 0 Å². The van der Waals surface area contributed by atoms with E-state index in [1.165, 1.54) is 31.2 Å². The number of amides is 1. The molecule has 1 fully saturated rings. The number of anilines is 1. The molecule has 0 spiro atoms. The van der Waals surface area contributed by atoms with Gasteiger partial charge in [-0.1, -0.05) is 18.9 Å². The Labute approximate surface area is 94.4 Å². The average molecular weight is 217 g/mol. The number of carbonyl (C=O) groups is 1. The fraction of sp³-hybridized carbons (Fsp3) is 0.417. The normalized spacial score (nSPS) is 20.1. The molecule has 1 amide bonds. The molecule has 84 valence electrons. The highest BCUT2D eigenvalue weighted by atomic mass is 16.2. The van der Waals surface area contributed by atoms with Crippen LogP contribution in [0, 0.1) is 0 Å². The molecule has 3 N–H and O–H groups in total. The van der Waals surface area contributed by atoms with Crippen molar-refractivity contribution in [2.45, 2.75) is 31.6 Å². The van der Waals surface area contributed by atoms with Crippen LogP contribution in [-0.2, 0) is 0 Å². The van der Waals surface area contributed by atoms with E-state index in [9.17, 15) is 4.79 Å². The zero-order valence-corrected chi connectivity index (χ0v) is 9.05. The molecule has 0 unspecified atom stereocenters. The lowest BCUT2D eigenvalue weighted by Gasteiger charge is -2.21. The van der Waals surface area contributed by atoms with Gasteiger partial charge < -0.3 is 5.43 Å². The predicted octanol–water partition coefficient (Wildman–Crippen LogP) is 1.92. The Hall–Kier alpha value is -1.55. The van der Waals surface area contributed by atoms with E-state index in [0.29, 0.717) is 5.92 Å². The molecule has 4 nitrogen and oxygen atoms in total. The summed E-state index contributed by atoms with van der Waals surface area (Å²) < 4.78 is 0. The standard InChI is InChI=1S/C12H15N3O/c16-12-10-7-9(8-3-1-2-4-8)5-6-11(10)13-15-14-12/h5-8,13,15H,1-4H2,(H,14,16). The highest BCUT2D eigenvalue weighted by molar-refractivity contribution is 6.00. The maximum atomic E-state index is 11.6. The number of fused-ring (bicyclic) bond motifs is 1. The number of benzene rings is 1. The van der Waals surface area contributed by atoms with Crippen molar-refractivity contribution in [1.82, 2.24) is 11.0 Å². The number of nitrogens with one attached hydrogen (secondary N) is 3. The van der Waals surface area contributed by atoms with Gasteiger partial charge in [-0.25, -0.2) is 0 Å². The van der Waals surface area contributed by atoms with Crippen molar-refractivity contribution in [2.75, 3.05) is 5.43 Å². The maximum absolute atomic E-state index is 11.6. The van der Waals surface area contributed by atoms with Gasteiger partial charge in [-0.05, 0) is 36.5 Å². The third-order valence-corrected chi connectivity index (χ3v) is 3.49. The fourth-order valence-corrected chi connectivity index (χ4v) is 2.59. The molecular formula is C12H15N3O. The van der Waals surface area contributed by atoms with E-state index >= 15 is 0 Å². The van der Waals surface area contributed by atoms with Gasteiger partial charge in [0.15, 0.2) is 0 Å². The Morgan fingerprint density at radius 1 is 1.12 bits per heavy atom. The molecule has 1 aliphatic carbocycles. The van der Waals surface area contributed by atoms with Crippen molar-refractivity contribution in [2.24, 2.45) is 0 Å². The highest BCUT2D eigenvalue weighted by Crippen LogP contribution is 2.35. The van der Waals surface area contributed by atoms with E-state index in [0.717, 1.165) is 11.3 Å². The van der Waals surface area contributed by atoms with Crippen LogP contribution in [0.4, 0.5) is 5.69 Å². The molecule has 0 atom stereocenters. The van der Waals surface area contributed by atoms with Crippen molar-refractivity contribution in [3.8, 4) is 0 Å². The van der Waals surface area contributed by atoms with Gasteiger partial charge in [-0.3, -0.25) is 10.2 Å². The largest absolute Gasteiger partial charge is 0.303 e. The summed E-state index contributed by atoms with van der Waals surface area (Å²) in [6.07, 6.45) is 5.14. The molecule has 16 heavy (non-hydrogen) atoms. The molecule has 0 bridgehead atoms. The van der Waals surface area contributed by atoms with Gasteiger partial charge in [-0.2, -0.15) is 0 Å². The van der Waals surface area contributed by atoms with Gasteiger partial charge in [0.2, 0.25) is 0 Å². The summed E-state index contributed by atoms with van der Waals surface area (Å²) in [5.41, 5.74) is 11.0. The van der Waals surface area contributed by atoms with Crippen LogP contribution >= 0.6 is 0 Å². The Balaban J connectivity index is 1.96. The highest BCUT2D eigenvalue weighted by Gasteiger charge is 2.21. The maximum Gasteiger partial charge on any atom is 0.268 e. The van der Waals surface area contributed by atoms with E-state index in [-0.39, 0.29) is 5.91 Å². The Morgan fingerprint density at radius 3 is 2.75 bits per heavy atom. The van der Waals surface area contributed by atoms with Gasteiger partial charge in [0.25, 0.3) is 5.91 Å². The zero-order chi connectivity index (χ0) is 11.0. The second-order valence-corrected chi connectivity index (χ2v) is 4.49. The van der Waals surface area contributed by atoms with Crippen LogP contribution in [0.1, 0.15) is 47.5 Å². The molecule has 3 rings (SSSR count). The SMILES string of the molecule is O=C1NNNc2ccc(C3CCCC3)cc21. The molecule has 1 aliphatic heterocycles. The third-order valence-electron chi connectivity index (χ3n) is 3.49. The van der Waals surface area contributed by atoms with Gasteiger partial charge in [0, 0.05) is 0 Å². The quantitative estimate of drug-likeness (QED) is 0.673. The zero-order valence-electron chi connectivity index (χ0n) is 9.05. The predicted molar refractivity (Wildman–Crippen MR) is 61.9 cm³/mol. The molecule has 0 aromatic heterocycles. The summed E-state index contributed by atoms with van der Waals surface area (Å²) in [7, 11) is 0. The number of hydrogen-bond donors (Lipinski definition) is 3. The van der Waals surface area contributed by atoms with Crippen LogP contribution in [0.3, 0.4) is 0 Å². The molecule has 1 aromatic carbocycles. The molecule has 1 heterocycles. The van der Waals surface area contributed by atoms with Crippen molar-refractivity contribution in [1.29, 1.82) is 0 Å². The summed E-state index contributed by atoms with van der Waals surface area (Å²) in [4.78, 5) is 11.6. The molecule has 2 aliphatic rings. The van der Waals surface area contributed by atoms with E-state index in [4.69, 9.17) is 0 Å². The summed E-state index contributed by atoms with van der Waals surface area (Å²) >= 11 is 0. The van der Waals surface area contributed by atoms with Crippen molar-refractivity contribution >= 4 is 11.6 Å². The summed E-state index contributed by atoms with van der Waals surface area (Å²) in [6, 6.07) is 6.13. The van der Waals surface area contributed by atoms with Gasteiger partial charge in [0.05, 0.1) is 11.3 Å². The van der Waals surface area contributed by atoms with Crippen LogP contribution < -0.4 is 16.4 Å².